The number of rotatable bonds is 2. The second kappa shape index (κ2) is 10.9. The van der Waals surface area contributed by atoms with Gasteiger partial charge in [0.15, 0.2) is 19.7 Å². The average molecular weight is 709 g/mol. The molecule has 0 atom stereocenters. The highest BCUT2D eigenvalue weighted by molar-refractivity contribution is 7.97. The quantitative estimate of drug-likeness (QED) is 0.238. The lowest BCUT2D eigenvalue weighted by atomic mass is 9.85. The van der Waals surface area contributed by atoms with Crippen LogP contribution in [-0.2, 0) is 57.8 Å². The first kappa shape index (κ1) is 32.9. The number of carbonyl (C=O) groups is 4. The third kappa shape index (κ3) is 4.83. The summed E-state index contributed by atoms with van der Waals surface area (Å²) in [5.74, 6) is -9.12. The summed E-state index contributed by atoms with van der Waals surface area (Å²) in [6.07, 6.45) is 6.29. The molecule has 4 spiro atoms. The van der Waals surface area contributed by atoms with E-state index in [9.17, 15) is 46.2 Å². The van der Waals surface area contributed by atoms with E-state index in [0.29, 0.717) is 51.4 Å². The summed E-state index contributed by atoms with van der Waals surface area (Å²) in [7, 11) is -8.10. The Bertz CT molecular complexity index is 1680. The molecular weight excluding hydrogens is 672 g/mol. The van der Waals surface area contributed by atoms with Gasteiger partial charge >= 0.3 is 23.9 Å². The van der Waals surface area contributed by atoms with Gasteiger partial charge in [0.05, 0.1) is 9.49 Å². The van der Waals surface area contributed by atoms with E-state index in [1.54, 1.807) is 0 Å². The minimum absolute atomic E-state index is 0.103. The van der Waals surface area contributed by atoms with Crippen LogP contribution in [0.4, 0.5) is 0 Å². The van der Waals surface area contributed by atoms with Crippen LogP contribution in [0.1, 0.15) is 103 Å². The molecule has 2 saturated heterocycles. The molecule has 260 valence electrons. The molecule has 0 aromatic carbocycles. The molecule has 48 heavy (non-hydrogen) atoms. The molecule has 3 aliphatic carbocycles. The smallest absolute Gasteiger partial charge is 0.348 e. The van der Waals surface area contributed by atoms with Gasteiger partial charge in [-0.1, -0.05) is 38.5 Å². The zero-order valence-electron chi connectivity index (χ0n) is 26.1. The van der Waals surface area contributed by atoms with E-state index < -0.39 is 97.1 Å². The number of esters is 4. The molecule has 7 rings (SSSR count). The fourth-order valence-corrected chi connectivity index (χ4v) is 12.9. The van der Waals surface area contributed by atoms with Crippen molar-refractivity contribution in [1.82, 2.24) is 0 Å². The number of hydrogen-bond acceptors (Lipinski definition) is 14. The maximum Gasteiger partial charge on any atom is 0.348 e. The number of aliphatic hydroxyl groups excluding tert-OH is 2. The van der Waals surface area contributed by atoms with Crippen molar-refractivity contribution in [3.8, 4) is 0 Å². The van der Waals surface area contributed by atoms with Crippen LogP contribution in [0.15, 0.2) is 44.6 Å². The SMILES string of the molecule is O=C1OC2(CCC3(CC2)OC(=O)C(=CC2=C(O)CC4(CCCCC4)S2(=O)=O)C(=O)O3)OC(=O)C1=CC1=C(O)CC2(CCCCC2)S1(=O)=O. The predicted molar refractivity (Wildman–Crippen MR) is 162 cm³/mol. The van der Waals surface area contributed by atoms with Crippen LogP contribution in [0.25, 0.3) is 0 Å². The zero-order chi connectivity index (χ0) is 34.3. The summed E-state index contributed by atoms with van der Waals surface area (Å²) in [5, 5.41) is 21.2. The molecule has 0 aromatic rings. The molecule has 16 heteroatoms. The fourth-order valence-electron chi connectivity index (χ4n) is 8.38. The fraction of sp³-hybridized carbons (Fsp3) is 0.625. The molecule has 7 aliphatic rings. The standard InChI is InChI=1S/C32H36O14S2/c33-21-17-29(7-3-1-4-8-29)47(39,40)23(21)15-19-25(35)43-31(44-26(19)36)11-13-32(14-12-31)45-27(37)20(28(38)46-32)16-24-22(34)18-30(48(24,41)42)9-5-2-6-10-30/h15-16,33-34H,1-14,17-18H2. The molecule has 4 aliphatic heterocycles. The molecule has 0 radical (unpaired) electrons. The number of hydrogen-bond donors (Lipinski definition) is 2. The summed E-state index contributed by atoms with van der Waals surface area (Å²) >= 11 is 0. The Kier molecular flexibility index (Phi) is 7.48. The Morgan fingerprint density at radius 3 is 1.06 bits per heavy atom. The summed E-state index contributed by atoms with van der Waals surface area (Å²) < 4.78 is 73.3. The van der Waals surface area contributed by atoms with E-state index in [2.05, 4.69) is 0 Å². The van der Waals surface area contributed by atoms with E-state index in [4.69, 9.17) is 18.9 Å². The lowest BCUT2D eigenvalue weighted by molar-refractivity contribution is -0.291. The third-order valence-corrected chi connectivity index (χ3v) is 16.4. The van der Waals surface area contributed by atoms with Crippen molar-refractivity contribution in [3.63, 3.8) is 0 Å². The Labute approximate surface area is 276 Å². The Morgan fingerprint density at radius 2 is 0.771 bits per heavy atom. The first-order valence-electron chi connectivity index (χ1n) is 16.3. The summed E-state index contributed by atoms with van der Waals surface area (Å²) in [5.41, 5.74) is -1.39. The second-order valence-electron chi connectivity index (χ2n) is 14.0. The second-order valence-corrected chi connectivity index (χ2v) is 18.6. The van der Waals surface area contributed by atoms with Crippen LogP contribution < -0.4 is 0 Å². The van der Waals surface area contributed by atoms with Gasteiger partial charge in [0.2, 0.25) is 0 Å². The summed E-state index contributed by atoms with van der Waals surface area (Å²) in [4.78, 5) is 51.3. The van der Waals surface area contributed by atoms with Crippen molar-refractivity contribution in [2.45, 2.75) is 124 Å². The van der Waals surface area contributed by atoms with Crippen LogP contribution in [0, 0.1) is 0 Å². The van der Waals surface area contributed by atoms with Crippen LogP contribution >= 0.6 is 0 Å². The first-order valence-corrected chi connectivity index (χ1v) is 19.2. The van der Waals surface area contributed by atoms with Crippen molar-refractivity contribution in [1.29, 1.82) is 0 Å². The van der Waals surface area contributed by atoms with E-state index in [-0.39, 0.29) is 38.5 Å². The molecule has 2 N–H and O–H groups in total. The maximum atomic E-state index is 13.4. The van der Waals surface area contributed by atoms with Gasteiger partial charge in [0.1, 0.15) is 32.5 Å². The van der Waals surface area contributed by atoms with Gasteiger partial charge in [0, 0.05) is 38.5 Å². The van der Waals surface area contributed by atoms with Crippen molar-refractivity contribution in [3.05, 3.63) is 44.6 Å². The van der Waals surface area contributed by atoms with Crippen molar-refractivity contribution in [2.75, 3.05) is 0 Å². The van der Waals surface area contributed by atoms with E-state index in [1.165, 1.54) is 0 Å². The molecule has 5 fully saturated rings. The Hall–Kier alpha value is -3.66. The number of carbonyl (C=O) groups excluding carboxylic acids is 4. The Morgan fingerprint density at radius 1 is 0.479 bits per heavy atom. The van der Waals surface area contributed by atoms with Gasteiger partial charge in [-0.05, 0) is 37.8 Å². The largest absolute Gasteiger partial charge is 0.511 e. The van der Waals surface area contributed by atoms with Gasteiger partial charge in [-0.3, -0.25) is 0 Å². The van der Waals surface area contributed by atoms with Crippen molar-refractivity contribution >= 4 is 43.6 Å². The average Bonchev–Trinajstić information content (AvgIpc) is 3.31. The van der Waals surface area contributed by atoms with Crippen LogP contribution in [0.2, 0.25) is 0 Å². The molecule has 14 nitrogen and oxygen atoms in total. The highest BCUT2D eigenvalue weighted by Crippen LogP contribution is 2.51. The van der Waals surface area contributed by atoms with Gasteiger partial charge in [-0.25, -0.2) is 36.0 Å². The molecule has 0 unspecified atom stereocenters. The monoisotopic (exact) mass is 708 g/mol. The van der Waals surface area contributed by atoms with Crippen LogP contribution in [0.3, 0.4) is 0 Å². The molecular formula is C32H36O14S2. The topological polar surface area (TPSA) is 214 Å². The minimum Gasteiger partial charge on any atom is -0.511 e. The van der Waals surface area contributed by atoms with Gasteiger partial charge in [-0.2, -0.15) is 0 Å². The lowest BCUT2D eigenvalue weighted by Gasteiger charge is -2.46. The Balaban J connectivity index is 1.04. The minimum atomic E-state index is -4.05. The summed E-state index contributed by atoms with van der Waals surface area (Å²) in [6, 6.07) is 0. The van der Waals surface area contributed by atoms with Gasteiger partial charge in [0.25, 0.3) is 11.6 Å². The lowest BCUT2D eigenvalue weighted by Crippen LogP contribution is -2.56. The summed E-state index contributed by atoms with van der Waals surface area (Å²) in [6.45, 7) is 0. The molecule has 0 aromatic heterocycles. The molecule has 4 heterocycles. The number of ether oxygens (including phenoxy) is 4. The van der Waals surface area contributed by atoms with Crippen LogP contribution in [0.5, 0.6) is 0 Å². The number of sulfone groups is 2. The van der Waals surface area contributed by atoms with Gasteiger partial charge in [-0.15, -0.1) is 0 Å². The highest BCUT2D eigenvalue weighted by Gasteiger charge is 2.59. The molecule has 0 bridgehead atoms. The molecule has 3 saturated carbocycles. The highest BCUT2D eigenvalue weighted by atomic mass is 32.2. The van der Waals surface area contributed by atoms with Crippen molar-refractivity contribution < 1.29 is 65.2 Å². The predicted octanol–water partition coefficient (Wildman–Crippen LogP) is 3.59. The van der Waals surface area contributed by atoms with Crippen molar-refractivity contribution in [2.24, 2.45) is 0 Å². The van der Waals surface area contributed by atoms with E-state index in [1.807, 2.05) is 0 Å². The number of allylic oxidation sites excluding steroid dienone is 4. The van der Waals surface area contributed by atoms with Gasteiger partial charge < -0.3 is 29.2 Å². The van der Waals surface area contributed by atoms with E-state index in [0.717, 1.165) is 25.0 Å². The van der Waals surface area contributed by atoms with E-state index >= 15 is 0 Å². The van der Waals surface area contributed by atoms with Crippen LogP contribution in [-0.4, -0.2) is 72.0 Å². The third-order valence-electron chi connectivity index (χ3n) is 11.1. The normalized spacial score (nSPS) is 33.6. The first-order chi connectivity index (χ1) is 22.6. The maximum absolute atomic E-state index is 13.4. The molecule has 0 amide bonds. The zero-order valence-corrected chi connectivity index (χ0v) is 27.7. The number of aliphatic hydroxyl groups is 2.